The molecule has 21 heavy (non-hydrogen) atoms. The van der Waals surface area contributed by atoms with Crippen molar-refractivity contribution in [3.63, 3.8) is 0 Å². The summed E-state index contributed by atoms with van der Waals surface area (Å²) in [4.78, 5) is 16.5. The van der Waals surface area contributed by atoms with Gasteiger partial charge in [0.15, 0.2) is 0 Å². The van der Waals surface area contributed by atoms with Gasteiger partial charge in [0, 0.05) is 10.7 Å². The van der Waals surface area contributed by atoms with E-state index in [9.17, 15) is 4.79 Å². The van der Waals surface area contributed by atoms with E-state index >= 15 is 0 Å². The number of benzene rings is 1. The van der Waals surface area contributed by atoms with Gasteiger partial charge < -0.3 is 14.8 Å². The number of ether oxygens (including phenoxy) is 2. The summed E-state index contributed by atoms with van der Waals surface area (Å²) >= 11 is 3.34. The molecule has 0 fully saturated rings. The van der Waals surface area contributed by atoms with Crippen molar-refractivity contribution in [3.05, 3.63) is 46.6 Å². The van der Waals surface area contributed by atoms with Crippen LogP contribution in [0.2, 0.25) is 0 Å². The molecule has 0 saturated heterocycles. The molecule has 6 heteroatoms. The molecule has 1 aromatic carbocycles. The minimum Gasteiger partial charge on any atom is -0.496 e. The maximum atomic E-state index is 12.4. The molecule has 0 aliphatic carbocycles. The van der Waals surface area contributed by atoms with Gasteiger partial charge in [-0.3, -0.25) is 4.79 Å². The Bertz CT molecular complexity index is 647. The Morgan fingerprint density at radius 3 is 2.90 bits per heavy atom. The standard InChI is InChI=1S/C15H15BrN2O3/c1-3-21-15-12(5-4-8-17-15)18-14(19)11-7-6-10(16)9-13(11)20-2/h4-9H,3H2,1-2H3,(H,18,19). The highest BCUT2D eigenvalue weighted by Gasteiger charge is 2.15. The smallest absolute Gasteiger partial charge is 0.259 e. The van der Waals surface area contributed by atoms with Gasteiger partial charge in [0.05, 0.1) is 19.3 Å². The average Bonchev–Trinajstić information content (AvgIpc) is 2.49. The zero-order valence-corrected chi connectivity index (χ0v) is 13.3. The third kappa shape index (κ3) is 3.72. The first-order valence-corrected chi connectivity index (χ1v) is 7.17. The highest BCUT2D eigenvalue weighted by atomic mass is 79.9. The summed E-state index contributed by atoms with van der Waals surface area (Å²) in [5.41, 5.74) is 0.960. The number of carbonyl (C=O) groups is 1. The number of hydrogen-bond acceptors (Lipinski definition) is 4. The first-order valence-electron chi connectivity index (χ1n) is 6.38. The van der Waals surface area contributed by atoms with Gasteiger partial charge in [-0.1, -0.05) is 15.9 Å². The summed E-state index contributed by atoms with van der Waals surface area (Å²) in [6.45, 7) is 2.33. The van der Waals surface area contributed by atoms with Crippen LogP contribution in [0.25, 0.3) is 0 Å². The van der Waals surface area contributed by atoms with E-state index in [1.165, 1.54) is 7.11 Å². The summed E-state index contributed by atoms with van der Waals surface area (Å²) in [6.07, 6.45) is 1.61. The van der Waals surface area contributed by atoms with Gasteiger partial charge in [0.1, 0.15) is 11.4 Å². The molecule has 0 aliphatic heterocycles. The molecule has 5 nitrogen and oxygen atoms in total. The first-order chi connectivity index (χ1) is 10.2. The molecule has 0 saturated carbocycles. The van der Waals surface area contributed by atoms with Crippen molar-refractivity contribution < 1.29 is 14.3 Å². The van der Waals surface area contributed by atoms with Gasteiger partial charge in [0.25, 0.3) is 5.91 Å². The lowest BCUT2D eigenvalue weighted by Crippen LogP contribution is -2.14. The van der Waals surface area contributed by atoms with Crippen molar-refractivity contribution >= 4 is 27.5 Å². The van der Waals surface area contributed by atoms with Crippen molar-refractivity contribution in [2.45, 2.75) is 6.92 Å². The number of methoxy groups -OCH3 is 1. The van der Waals surface area contributed by atoms with E-state index in [2.05, 4.69) is 26.2 Å². The molecule has 1 aromatic heterocycles. The van der Waals surface area contributed by atoms with Gasteiger partial charge in [0.2, 0.25) is 5.88 Å². The molecule has 2 rings (SSSR count). The van der Waals surface area contributed by atoms with E-state index in [-0.39, 0.29) is 5.91 Å². The number of nitrogens with zero attached hydrogens (tertiary/aromatic N) is 1. The lowest BCUT2D eigenvalue weighted by Gasteiger charge is -2.12. The van der Waals surface area contributed by atoms with Crippen molar-refractivity contribution in [1.29, 1.82) is 0 Å². The van der Waals surface area contributed by atoms with Crippen LogP contribution in [0.1, 0.15) is 17.3 Å². The molecule has 0 spiro atoms. The van der Waals surface area contributed by atoms with Crippen LogP contribution in [0.5, 0.6) is 11.6 Å². The number of halogens is 1. The van der Waals surface area contributed by atoms with Gasteiger partial charge in [-0.25, -0.2) is 4.98 Å². The molecule has 0 bridgehead atoms. The quantitative estimate of drug-likeness (QED) is 0.896. The number of hydrogen-bond donors (Lipinski definition) is 1. The van der Waals surface area contributed by atoms with Gasteiger partial charge in [-0.2, -0.15) is 0 Å². The molecule has 1 amide bonds. The number of rotatable bonds is 5. The summed E-state index contributed by atoms with van der Waals surface area (Å²) in [7, 11) is 1.52. The van der Waals surface area contributed by atoms with E-state index < -0.39 is 0 Å². The predicted octanol–water partition coefficient (Wildman–Crippen LogP) is 3.50. The Hall–Kier alpha value is -2.08. The fourth-order valence-electron chi connectivity index (χ4n) is 1.78. The number of aromatic nitrogens is 1. The van der Waals surface area contributed by atoms with Crippen molar-refractivity contribution in [2.75, 3.05) is 19.0 Å². The Kier molecular flexibility index (Phi) is 5.16. The molecule has 0 aliphatic rings. The third-order valence-electron chi connectivity index (χ3n) is 2.71. The summed E-state index contributed by atoms with van der Waals surface area (Å²) in [6, 6.07) is 8.68. The second-order valence-electron chi connectivity index (χ2n) is 4.09. The number of pyridine rings is 1. The van der Waals surface area contributed by atoms with Crippen LogP contribution in [0.4, 0.5) is 5.69 Å². The number of nitrogens with one attached hydrogen (secondary N) is 1. The predicted molar refractivity (Wildman–Crippen MR) is 84.1 cm³/mol. The molecular formula is C15H15BrN2O3. The van der Waals surface area contributed by atoms with Crippen LogP contribution >= 0.6 is 15.9 Å². The van der Waals surface area contributed by atoms with E-state index in [0.717, 1.165) is 4.47 Å². The van der Waals surface area contributed by atoms with Crippen LogP contribution < -0.4 is 14.8 Å². The molecule has 1 heterocycles. The largest absolute Gasteiger partial charge is 0.496 e. The maximum Gasteiger partial charge on any atom is 0.259 e. The van der Waals surface area contributed by atoms with Gasteiger partial charge in [-0.05, 0) is 37.3 Å². The van der Waals surface area contributed by atoms with E-state index in [0.29, 0.717) is 29.5 Å². The van der Waals surface area contributed by atoms with Crippen molar-refractivity contribution in [1.82, 2.24) is 4.98 Å². The molecular weight excluding hydrogens is 336 g/mol. The molecule has 0 unspecified atom stereocenters. The van der Waals surface area contributed by atoms with E-state index in [1.807, 2.05) is 6.92 Å². The van der Waals surface area contributed by atoms with Crippen molar-refractivity contribution in [3.8, 4) is 11.6 Å². The Balaban J connectivity index is 2.26. The van der Waals surface area contributed by atoms with Gasteiger partial charge >= 0.3 is 0 Å². The summed E-state index contributed by atoms with van der Waals surface area (Å²) in [5, 5.41) is 2.78. The number of anilines is 1. The van der Waals surface area contributed by atoms with Crippen LogP contribution in [0, 0.1) is 0 Å². The minimum atomic E-state index is -0.284. The summed E-state index contributed by atoms with van der Waals surface area (Å²) < 4.78 is 11.4. The Morgan fingerprint density at radius 1 is 1.38 bits per heavy atom. The van der Waals surface area contributed by atoms with Crippen LogP contribution in [0.3, 0.4) is 0 Å². The molecule has 2 aromatic rings. The highest BCUT2D eigenvalue weighted by Crippen LogP contribution is 2.26. The third-order valence-corrected chi connectivity index (χ3v) is 3.20. The summed E-state index contributed by atoms with van der Waals surface area (Å²) in [5.74, 6) is 0.599. The lowest BCUT2D eigenvalue weighted by molar-refractivity contribution is 0.102. The maximum absolute atomic E-state index is 12.4. The number of carbonyl (C=O) groups excluding carboxylic acids is 1. The first kappa shape index (κ1) is 15.3. The Morgan fingerprint density at radius 2 is 2.19 bits per heavy atom. The highest BCUT2D eigenvalue weighted by molar-refractivity contribution is 9.10. The Labute approximate surface area is 131 Å². The molecule has 0 radical (unpaired) electrons. The fraction of sp³-hybridized carbons (Fsp3) is 0.200. The zero-order valence-electron chi connectivity index (χ0n) is 11.7. The molecule has 0 atom stereocenters. The number of amides is 1. The minimum absolute atomic E-state index is 0.284. The second-order valence-corrected chi connectivity index (χ2v) is 5.00. The molecule has 110 valence electrons. The van der Waals surface area contributed by atoms with Gasteiger partial charge in [-0.15, -0.1) is 0 Å². The lowest BCUT2D eigenvalue weighted by atomic mass is 10.2. The van der Waals surface area contributed by atoms with Crippen LogP contribution in [-0.4, -0.2) is 24.6 Å². The monoisotopic (exact) mass is 350 g/mol. The van der Waals surface area contributed by atoms with E-state index in [4.69, 9.17) is 9.47 Å². The van der Waals surface area contributed by atoms with E-state index in [1.54, 1.807) is 36.5 Å². The van der Waals surface area contributed by atoms with Crippen LogP contribution in [-0.2, 0) is 0 Å². The van der Waals surface area contributed by atoms with Crippen LogP contribution in [0.15, 0.2) is 41.0 Å². The topological polar surface area (TPSA) is 60.5 Å². The second kappa shape index (κ2) is 7.08. The SMILES string of the molecule is CCOc1ncccc1NC(=O)c1ccc(Br)cc1OC. The zero-order chi connectivity index (χ0) is 15.2. The molecule has 1 N–H and O–H groups in total. The average molecular weight is 351 g/mol. The van der Waals surface area contributed by atoms with Crippen molar-refractivity contribution in [2.24, 2.45) is 0 Å². The fourth-order valence-corrected chi connectivity index (χ4v) is 2.12. The normalized spacial score (nSPS) is 10.0.